The van der Waals surface area contributed by atoms with E-state index in [0.29, 0.717) is 12.8 Å². The van der Waals surface area contributed by atoms with E-state index >= 15 is 0 Å². The molecule has 0 N–H and O–H groups in total. The van der Waals surface area contributed by atoms with E-state index in [2.05, 4.69) is 35.4 Å². The van der Waals surface area contributed by atoms with Gasteiger partial charge in [-0.1, -0.05) is 35.0 Å². The molecule has 1 heterocycles. The van der Waals surface area contributed by atoms with Gasteiger partial charge in [-0.3, -0.25) is 9.48 Å². The van der Waals surface area contributed by atoms with Gasteiger partial charge in [0.2, 0.25) is 0 Å². The van der Waals surface area contributed by atoms with Crippen molar-refractivity contribution in [2.75, 3.05) is 0 Å². The number of carbonyl (C=O) groups excluding carboxylic acids is 1. The number of rotatable bonds is 5. The van der Waals surface area contributed by atoms with Crippen molar-refractivity contribution in [2.24, 2.45) is 7.05 Å². The predicted molar refractivity (Wildman–Crippen MR) is 69.2 cm³/mol. The third kappa shape index (κ3) is 3.52. The van der Waals surface area contributed by atoms with E-state index < -0.39 is 0 Å². The largest absolute Gasteiger partial charge is 0.299 e. The van der Waals surface area contributed by atoms with Crippen molar-refractivity contribution >= 4 is 5.78 Å². The summed E-state index contributed by atoms with van der Waals surface area (Å²) >= 11 is 0. The van der Waals surface area contributed by atoms with E-state index in [-0.39, 0.29) is 5.78 Å². The van der Waals surface area contributed by atoms with Gasteiger partial charge in [0, 0.05) is 19.7 Å². The van der Waals surface area contributed by atoms with E-state index in [1.165, 1.54) is 11.1 Å². The molecule has 0 bridgehead atoms. The predicted octanol–water partition coefficient (Wildman–Crippen LogP) is 1.87. The Morgan fingerprint density at radius 1 is 1.39 bits per heavy atom. The van der Waals surface area contributed by atoms with Crippen molar-refractivity contribution in [1.82, 2.24) is 15.0 Å². The molecule has 0 unspecified atom stereocenters. The fraction of sp³-hybridized carbons (Fsp3) is 0.357. The van der Waals surface area contributed by atoms with Crippen LogP contribution in [0.4, 0.5) is 0 Å². The number of carbonyl (C=O) groups is 1. The number of nitrogens with zero attached hydrogens (tertiary/aromatic N) is 3. The lowest BCUT2D eigenvalue weighted by atomic mass is 10.0. The molecule has 4 heteroatoms. The van der Waals surface area contributed by atoms with Gasteiger partial charge in [0.1, 0.15) is 5.78 Å². The van der Waals surface area contributed by atoms with Gasteiger partial charge in [0.05, 0.1) is 12.1 Å². The Kier molecular flexibility index (Phi) is 3.87. The van der Waals surface area contributed by atoms with Crippen LogP contribution in [0.15, 0.2) is 30.5 Å². The van der Waals surface area contributed by atoms with Gasteiger partial charge in [-0.25, -0.2) is 0 Å². The lowest BCUT2D eigenvalue weighted by Gasteiger charge is -2.01. The molecular weight excluding hydrogens is 226 g/mol. The molecule has 18 heavy (non-hydrogen) atoms. The van der Waals surface area contributed by atoms with E-state index in [1.807, 2.05) is 6.07 Å². The summed E-state index contributed by atoms with van der Waals surface area (Å²) in [5, 5.41) is 7.73. The molecule has 94 valence electrons. The number of Topliss-reactive ketones (excluding diaryl/α,β-unsaturated/α-hetero) is 1. The molecule has 0 aliphatic carbocycles. The maximum absolute atomic E-state index is 11.8. The highest BCUT2D eigenvalue weighted by atomic mass is 16.1. The van der Waals surface area contributed by atoms with Gasteiger partial charge >= 0.3 is 0 Å². The second-order valence-electron chi connectivity index (χ2n) is 4.59. The van der Waals surface area contributed by atoms with E-state index in [4.69, 9.17) is 0 Å². The highest BCUT2D eigenvalue weighted by Crippen LogP contribution is 2.08. The van der Waals surface area contributed by atoms with Gasteiger partial charge < -0.3 is 0 Å². The minimum absolute atomic E-state index is 0.206. The van der Waals surface area contributed by atoms with Crippen LogP contribution in [0.25, 0.3) is 0 Å². The molecule has 4 nitrogen and oxygen atoms in total. The van der Waals surface area contributed by atoms with Crippen LogP contribution in [0, 0.1) is 6.92 Å². The van der Waals surface area contributed by atoms with Gasteiger partial charge in [-0.2, -0.15) is 0 Å². The van der Waals surface area contributed by atoms with Crippen molar-refractivity contribution in [3.8, 4) is 0 Å². The second kappa shape index (κ2) is 5.58. The maximum atomic E-state index is 11.8. The summed E-state index contributed by atoms with van der Waals surface area (Å²) in [4.78, 5) is 11.8. The number of aromatic nitrogens is 3. The van der Waals surface area contributed by atoms with Crippen molar-refractivity contribution in [1.29, 1.82) is 0 Å². The molecular formula is C14H17N3O. The fourth-order valence-electron chi connectivity index (χ4n) is 1.92. The Morgan fingerprint density at radius 3 is 2.89 bits per heavy atom. The first kappa shape index (κ1) is 12.5. The zero-order chi connectivity index (χ0) is 13.0. The van der Waals surface area contributed by atoms with E-state index in [1.54, 1.807) is 17.9 Å². The average Bonchev–Trinajstić information content (AvgIpc) is 2.72. The lowest BCUT2D eigenvalue weighted by molar-refractivity contribution is -0.118. The van der Waals surface area contributed by atoms with Crippen molar-refractivity contribution in [3.63, 3.8) is 0 Å². The molecule has 0 spiro atoms. The summed E-state index contributed by atoms with van der Waals surface area (Å²) in [7, 11) is 1.80. The number of aryl methyl sites for hydroxylation is 3. The van der Waals surface area contributed by atoms with Gasteiger partial charge in [-0.05, 0) is 18.9 Å². The first-order chi connectivity index (χ1) is 8.63. The standard InChI is InChI=1S/C14H17N3O/c1-11-4-3-5-12(8-11)6-7-14(18)9-13-10-17(2)16-15-13/h3-5,8,10H,6-7,9H2,1-2H3. The maximum Gasteiger partial charge on any atom is 0.139 e. The molecule has 0 fully saturated rings. The van der Waals surface area contributed by atoms with E-state index in [9.17, 15) is 4.79 Å². The van der Waals surface area contributed by atoms with Crippen molar-refractivity contribution < 1.29 is 4.79 Å². The topological polar surface area (TPSA) is 47.8 Å². The Bertz CT molecular complexity index is 545. The molecule has 1 aromatic carbocycles. The quantitative estimate of drug-likeness (QED) is 0.805. The Balaban J connectivity index is 1.85. The van der Waals surface area contributed by atoms with Crippen LogP contribution in [-0.4, -0.2) is 20.8 Å². The highest BCUT2D eigenvalue weighted by Gasteiger charge is 2.07. The highest BCUT2D eigenvalue weighted by molar-refractivity contribution is 5.80. The lowest BCUT2D eigenvalue weighted by Crippen LogP contribution is -2.04. The van der Waals surface area contributed by atoms with Crippen LogP contribution < -0.4 is 0 Å². The first-order valence-corrected chi connectivity index (χ1v) is 6.06. The van der Waals surface area contributed by atoms with Crippen LogP contribution in [0.2, 0.25) is 0 Å². The summed E-state index contributed by atoms with van der Waals surface area (Å²) < 4.78 is 1.61. The molecule has 2 aromatic rings. The fourth-order valence-corrected chi connectivity index (χ4v) is 1.92. The smallest absolute Gasteiger partial charge is 0.139 e. The van der Waals surface area contributed by atoms with E-state index in [0.717, 1.165) is 12.1 Å². The number of hydrogen-bond acceptors (Lipinski definition) is 3. The number of ketones is 1. The van der Waals surface area contributed by atoms with Gasteiger partial charge in [0.25, 0.3) is 0 Å². The number of benzene rings is 1. The summed E-state index contributed by atoms with van der Waals surface area (Å²) in [5.74, 6) is 0.206. The van der Waals surface area contributed by atoms with Crippen molar-refractivity contribution in [2.45, 2.75) is 26.2 Å². The summed E-state index contributed by atoms with van der Waals surface area (Å²) in [5.41, 5.74) is 3.18. The molecule has 0 atom stereocenters. The Labute approximate surface area is 107 Å². The van der Waals surface area contributed by atoms with Gasteiger partial charge in [0.15, 0.2) is 0 Å². The SMILES string of the molecule is Cc1cccc(CCC(=O)Cc2cn(C)nn2)c1. The molecule has 2 rings (SSSR count). The van der Waals surface area contributed by atoms with Crippen LogP contribution in [0.3, 0.4) is 0 Å². The van der Waals surface area contributed by atoms with Crippen LogP contribution in [0.1, 0.15) is 23.2 Å². The normalized spacial score (nSPS) is 10.6. The zero-order valence-electron chi connectivity index (χ0n) is 10.8. The minimum atomic E-state index is 0.206. The molecule has 0 saturated heterocycles. The summed E-state index contributed by atoms with van der Waals surface area (Å²) in [6.07, 6.45) is 3.50. The molecule has 0 amide bonds. The van der Waals surface area contributed by atoms with Crippen LogP contribution in [-0.2, 0) is 24.7 Å². The summed E-state index contributed by atoms with van der Waals surface area (Å²) in [6, 6.07) is 8.26. The molecule has 1 aromatic heterocycles. The summed E-state index contributed by atoms with van der Waals surface area (Å²) in [6.45, 7) is 2.06. The molecule has 0 aliphatic heterocycles. The molecule has 0 radical (unpaired) electrons. The molecule has 0 saturated carbocycles. The van der Waals surface area contributed by atoms with Crippen molar-refractivity contribution in [3.05, 3.63) is 47.3 Å². The minimum Gasteiger partial charge on any atom is -0.299 e. The van der Waals surface area contributed by atoms with Crippen LogP contribution >= 0.6 is 0 Å². The Hall–Kier alpha value is -1.97. The number of hydrogen-bond donors (Lipinski definition) is 0. The third-order valence-electron chi connectivity index (χ3n) is 2.80. The first-order valence-electron chi connectivity index (χ1n) is 6.06. The third-order valence-corrected chi connectivity index (χ3v) is 2.80. The molecule has 0 aliphatic rings. The van der Waals surface area contributed by atoms with Gasteiger partial charge in [-0.15, -0.1) is 5.10 Å². The van der Waals surface area contributed by atoms with Crippen LogP contribution in [0.5, 0.6) is 0 Å². The average molecular weight is 243 g/mol. The monoisotopic (exact) mass is 243 g/mol. The Morgan fingerprint density at radius 2 is 2.22 bits per heavy atom. The zero-order valence-corrected chi connectivity index (χ0v) is 10.8. The second-order valence-corrected chi connectivity index (χ2v) is 4.59.